The lowest BCUT2D eigenvalue weighted by molar-refractivity contribution is 0.102. The smallest absolute Gasteiger partial charge is 0.266 e. The Kier molecular flexibility index (Phi) is 6.99. The third-order valence-electron chi connectivity index (χ3n) is 4.28. The quantitative estimate of drug-likeness (QED) is 0.446. The van der Waals surface area contributed by atoms with Crippen LogP contribution in [0.2, 0.25) is 5.02 Å². The van der Waals surface area contributed by atoms with E-state index in [1.54, 1.807) is 68.4 Å². The predicted octanol–water partition coefficient (Wildman–Crippen LogP) is 4.98. The van der Waals surface area contributed by atoms with Gasteiger partial charge in [-0.2, -0.15) is 0 Å². The maximum Gasteiger partial charge on any atom is 0.266 e. The minimum Gasteiger partial charge on any atom is -0.321 e. The van der Waals surface area contributed by atoms with Crippen molar-refractivity contribution in [3.8, 4) is 0 Å². The van der Waals surface area contributed by atoms with Gasteiger partial charge in [-0.25, -0.2) is 8.42 Å². The van der Waals surface area contributed by atoms with Crippen LogP contribution in [0.25, 0.3) is 0 Å². The molecule has 0 aliphatic rings. The van der Waals surface area contributed by atoms with Crippen molar-refractivity contribution in [2.45, 2.75) is 13.8 Å². The normalized spacial score (nSPS) is 11.1. The fourth-order valence-electron chi connectivity index (χ4n) is 2.65. The first-order valence-corrected chi connectivity index (χ1v) is 12.1. The summed E-state index contributed by atoms with van der Waals surface area (Å²) in [6, 6.07) is 14.8. The summed E-state index contributed by atoms with van der Waals surface area (Å²) in [5.74, 6) is -0.718. The third-order valence-corrected chi connectivity index (χ3v) is 7.06. The van der Waals surface area contributed by atoms with Gasteiger partial charge in [0.15, 0.2) is 0 Å². The lowest BCUT2D eigenvalue weighted by atomic mass is 10.2. The second kappa shape index (κ2) is 9.51. The zero-order valence-corrected chi connectivity index (χ0v) is 19.1. The molecule has 0 unspecified atom stereocenters. The summed E-state index contributed by atoms with van der Waals surface area (Å²) in [5.41, 5.74) is 1.99. The Hall–Kier alpha value is -2.88. The van der Waals surface area contributed by atoms with Gasteiger partial charge in [0, 0.05) is 11.4 Å². The van der Waals surface area contributed by atoms with Crippen LogP contribution in [0, 0.1) is 6.92 Å². The van der Waals surface area contributed by atoms with Gasteiger partial charge in [-0.15, -0.1) is 11.3 Å². The van der Waals surface area contributed by atoms with Crippen molar-refractivity contribution in [1.82, 2.24) is 0 Å². The van der Waals surface area contributed by atoms with Crippen molar-refractivity contribution in [1.29, 1.82) is 0 Å². The molecule has 0 bridgehead atoms. The molecule has 0 saturated carbocycles. The number of carbonyl (C=O) groups excluding carboxylic acids is 2. The van der Waals surface area contributed by atoms with E-state index < -0.39 is 10.0 Å². The maximum absolute atomic E-state index is 12.7. The molecule has 3 aromatic rings. The van der Waals surface area contributed by atoms with Crippen LogP contribution < -0.4 is 15.4 Å². The van der Waals surface area contributed by atoms with Crippen molar-refractivity contribution in [3.63, 3.8) is 0 Å². The van der Waals surface area contributed by atoms with Gasteiger partial charge in [-0.3, -0.25) is 14.3 Å². The van der Waals surface area contributed by atoms with Gasteiger partial charge in [-0.1, -0.05) is 23.7 Å². The molecule has 31 heavy (non-hydrogen) atoms. The van der Waals surface area contributed by atoms with E-state index in [-0.39, 0.29) is 17.6 Å². The summed E-state index contributed by atoms with van der Waals surface area (Å²) in [6.45, 7) is 3.32. The Morgan fingerprint density at radius 2 is 1.61 bits per heavy atom. The lowest BCUT2D eigenvalue weighted by Crippen LogP contribution is -2.15. The van der Waals surface area contributed by atoms with Gasteiger partial charge in [0.05, 0.1) is 26.2 Å². The highest BCUT2D eigenvalue weighted by molar-refractivity contribution is 7.92. The van der Waals surface area contributed by atoms with Gasteiger partial charge in [0.25, 0.3) is 11.8 Å². The topological polar surface area (TPSA) is 104 Å². The molecule has 0 aliphatic heterocycles. The van der Waals surface area contributed by atoms with Crippen LogP contribution in [-0.2, 0) is 10.0 Å². The fraction of sp³-hybridized carbons (Fsp3) is 0.143. The van der Waals surface area contributed by atoms with Crippen LogP contribution in [0.4, 0.5) is 16.4 Å². The Morgan fingerprint density at radius 3 is 2.26 bits per heavy atom. The highest BCUT2D eigenvalue weighted by Gasteiger charge is 2.17. The number of amides is 2. The molecule has 0 saturated heterocycles. The zero-order valence-electron chi connectivity index (χ0n) is 16.7. The number of aryl methyl sites for hydroxylation is 1. The van der Waals surface area contributed by atoms with Crippen molar-refractivity contribution < 1.29 is 18.0 Å². The Balaban J connectivity index is 1.68. The molecule has 2 amide bonds. The van der Waals surface area contributed by atoms with E-state index in [1.165, 1.54) is 0 Å². The molecule has 1 heterocycles. The number of sulfonamides is 1. The maximum atomic E-state index is 12.7. The molecule has 0 aliphatic carbocycles. The monoisotopic (exact) mass is 477 g/mol. The number of carbonyl (C=O) groups is 2. The molecule has 0 fully saturated rings. The minimum absolute atomic E-state index is 0.0293. The summed E-state index contributed by atoms with van der Waals surface area (Å²) >= 11 is 7.21. The highest BCUT2D eigenvalue weighted by Crippen LogP contribution is 2.29. The molecule has 10 heteroatoms. The van der Waals surface area contributed by atoms with Gasteiger partial charge in [-0.05, 0) is 61.9 Å². The van der Waals surface area contributed by atoms with E-state index >= 15 is 0 Å². The van der Waals surface area contributed by atoms with Gasteiger partial charge >= 0.3 is 0 Å². The van der Waals surface area contributed by atoms with E-state index in [1.807, 2.05) is 0 Å². The number of anilines is 3. The van der Waals surface area contributed by atoms with Crippen molar-refractivity contribution in [2.75, 3.05) is 21.1 Å². The van der Waals surface area contributed by atoms with Crippen LogP contribution in [0.1, 0.15) is 32.5 Å². The number of hydrogen-bond acceptors (Lipinski definition) is 5. The second-order valence-corrected chi connectivity index (χ2v) is 10.1. The second-order valence-electron chi connectivity index (χ2n) is 6.59. The molecule has 0 atom stereocenters. The van der Waals surface area contributed by atoms with Crippen LogP contribution >= 0.6 is 22.9 Å². The van der Waals surface area contributed by atoms with Gasteiger partial charge in [0.1, 0.15) is 0 Å². The average Bonchev–Trinajstić information content (AvgIpc) is 3.09. The molecule has 162 valence electrons. The average molecular weight is 478 g/mol. The summed E-state index contributed by atoms with van der Waals surface area (Å²) in [5, 5.41) is 6.40. The number of halogens is 1. The lowest BCUT2D eigenvalue weighted by Gasteiger charge is -2.08. The first kappa shape index (κ1) is 22.8. The van der Waals surface area contributed by atoms with E-state index in [4.69, 9.17) is 11.6 Å². The number of rotatable bonds is 7. The molecule has 1 aromatic heterocycles. The largest absolute Gasteiger partial charge is 0.321 e. The number of nitrogens with one attached hydrogen (secondary N) is 3. The summed E-state index contributed by atoms with van der Waals surface area (Å²) in [7, 11) is -3.37. The minimum atomic E-state index is -3.37. The van der Waals surface area contributed by atoms with Crippen molar-refractivity contribution in [2.24, 2.45) is 0 Å². The molecular formula is C21H20ClN3O4S2. The Bertz CT molecular complexity index is 1220. The van der Waals surface area contributed by atoms with Crippen LogP contribution in [0.3, 0.4) is 0 Å². The van der Waals surface area contributed by atoms with E-state index in [0.717, 1.165) is 11.3 Å². The van der Waals surface area contributed by atoms with Crippen LogP contribution in [0.5, 0.6) is 0 Å². The van der Waals surface area contributed by atoms with Gasteiger partial charge in [0.2, 0.25) is 10.0 Å². The molecule has 2 aromatic carbocycles. The molecule has 0 spiro atoms. The standard InChI is InChI=1S/C21H20ClN3O4S2/c1-3-31(28,29)25-15-10-8-14(9-11-15)23-21(27)19-13(2)12-18(30-19)24-20(26)16-6-4-5-7-17(16)22/h4-12,25H,3H2,1-2H3,(H,23,27)(H,24,26). The predicted molar refractivity (Wildman–Crippen MR) is 126 cm³/mol. The first-order valence-electron chi connectivity index (χ1n) is 9.26. The first-order chi connectivity index (χ1) is 14.7. The number of benzene rings is 2. The molecule has 3 rings (SSSR count). The molecule has 0 radical (unpaired) electrons. The van der Waals surface area contributed by atoms with E-state index in [9.17, 15) is 18.0 Å². The highest BCUT2D eigenvalue weighted by atomic mass is 35.5. The van der Waals surface area contributed by atoms with Crippen LogP contribution in [0.15, 0.2) is 54.6 Å². The molecular weight excluding hydrogens is 458 g/mol. The summed E-state index contributed by atoms with van der Waals surface area (Å²) in [4.78, 5) is 25.6. The number of hydrogen-bond donors (Lipinski definition) is 3. The zero-order chi connectivity index (χ0) is 22.6. The summed E-state index contributed by atoms with van der Waals surface area (Å²) in [6.07, 6.45) is 0. The van der Waals surface area contributed by atoms with E-state index in [0.29, 0.717) is 37.4 Å². The SMILES string of the molecule is CCS(=O)(=O)Nc1ccc(NC(=O)c2sc(NC(=O)c3ccccc3Cl)cc2C)cc1. The molecule has 7 nitrogen and oxygen atoms in total. The molecule has 3 N–H and O–H groups in total. The van der Waals surface area contributed by atoms with Crippen LogP contribution in [-0.4, -0.2) is 26.0 Å². The third kappa shape index (κ3) is 5.84. The Morgan fingerprint density at radius 1 is 0.968 bits per heavy atom. The van der Waals surface area contributed by atoms with Crippen molar-refractivity contribution in [3.05, 3.63) is 75.6 Å². The summed E-state index contributed by atoms with van der Waals surface area (Å²) < 4.78 is 25.7. The Labute approximate surface area is 189 Å². The number of thiophene rings is 1. The van der Waals surface area contributed by atoms with Gasteiger partial charge < -0.3 is 10.6 Å². The fourth-order valence-corrected chi connectivity index (χ4v) is 4.48. The van der Waals surface area contributed by atoms with E-state index in [2.05, 4.69) is 15.4 Å². The van der Waals surface area contributed by atoms with Crippen molar-refractivity contribution >= 4 is 61.2 Å².